The van der Waals surface area contributed by atoms with Crippen LogP contribution >= 0.6 is 11.6 Å². The Balaban J connectivity index is 1.36. The predicted molar refractivity (Wildman–Crippen MR) is 98.6 cm³/mol. The zero-order valence-corrected chi connectivity index (χ0v) is 15.1. The first-order chi connectivity index (χ1) is 11.7. The third-order valence-corrected chi connectivity index (χ3v) is 5.55. The van der Waals surface area contributed by atoms with Crippen LogP contribution in [0.15, 0.2) is 24.3 Å². The predicted octanol–water partition coefficient (Wildman–Crippen LogP) is 3.54. The van der Waals surface area contributed by atoms with Crippen LogP contribution in [0.3, 0.4) is 0 Å². The van der Waals surface area contributed by atoms with Crippen LogP contribution in [0.4, 0.5) is 4.79 Å². The number of hydrogen-bond acceptors (Lipinski definition) is 2. The van der Waals surface area contributed by atoms with Gasteiger partial charge in [-0.2, -0.15) is 0 Å². The van der Waals surface area contributed by atoms with Gasteiger partial charge in [0.05, 0.1) is 0 Å². The molecular weight excluding hydrogens is 322 g/mol. The summed E-state index contributed by atoms with van der Waals surface area (Å²) in [7, 11) is 0. The number of nitrogens with zero attached hydrogens (tertiary/aromatic N) is 2. The molecule has 2 aliphatic rings. The third-order valence-electron chi connectivity index (χ3n) is 5.30. The maximum atomic E-state index is 12.3. The van der Waals surface area contributed by atoms with Crippen LogP contribution in [0, 0.1) is 0 Å². The van der Waals surface area contributed by atoms with Crippen molar-refractivity contribution in [1.82, 2.24) is 15.1 Å². The molecule has 4 nitrogen and oxygen atoms in total. The fourth-order valence-electron chi connectivity index (χ4n) is 3.81. The lowest BCUT2D eigenvalue weighted by atomic mass is 9.94. The van der Waals surface area contributed by atoms with E-state index in [1.54, 1.807) is 0 Å². The zero-order valence-electron chi connectivity index (χ0n) is 14.3. The summed E-state index contributed by atoms with van der Waals surface area (Å²) >= 11 is 5.89. The monoisotopic (exact) mass is 349 g/mol. The van der Waals surface area contributed by atoms with Gasteiger partial charge in [-0.3, -0.25) is 4.90 Å². The van der Waals surface area contributed by atoms with Crippen LogP contribution in [0.25, 0.3) is 0 Å². The first kappa shape index (κ1) is 17.6. The number of amides is 2. The van der Waals surface area contributed by atoms with Gasteiger partial charge in [-0.1, -0.05) is 43.0 Å². The van der Waals surface area contributed by atoms with Crippen LogP contribution < -0.4 is 5.32 Å². The number of benzene rings is 1. The summed E-state index contributed by atoms with van der Waals surface area (Å²) in [6.45, 7) is 4.42. The van der Waals surface area contributed by atoms with E-state index >= 15 is 0 Å². The van der Waals surface area contributed by atoms with Gasteiger partial charge >= 0.3 is 6.03 Å². The molecule has 1 N–H and O–H groups in total. The number of rotatable bonds is 4. The molecule has 0 bridgehead atoms. The minimum absolute atomic E-state index is 0.0762. The van der Waals surface area contributed by atoms with Crippen LogP contribution in [-0.4, -0.2) is 54.6 Å². The number of nitrogens with one attached hydrogen (secondary N) is 1. The summed E-state index contributed by atoms with van der Waals surface area (Å²) in [5.74, 6) is 0. The van der Waals surface area contributed by atoms with Gasteiger partial charge in [-0.25, -0.2) is 4.79 Å². The van der Waals surface area contributed by atoms with E-state index in [1.165, 1.54) is 37.7 Å². The fourth-order valence-corrected chi connectivity index (χ4v) is 3.94. The van der Waals surface area contributed by atoms with E-state index < -0.39 is 0 Å². The summed E-state index contributed by atoms with van der Waals surface area (Å²) < 4.78 is 0. The van der Waals surface area contributed by atoms with Crippen molar-refractivity contribution in [2.24, 2.45) is 0 Å². The second-order valence-electron chi connectivity index (χ2n) is 6.92. The highest BCUT2D eigenvalue weighted by Gasteiger charge is 2.26. The molecule has 1 aliphatic carbocycles. The minimum Gasteiger partial charge on any atom is -0.338 e. The Morgan fingerprint density at radius 1 is 1.04 bits per heavy atom. The molecule has 24 heavy (non-hydrogen) atoms. The Morgan fingerprint density at radius 2 is 1.71 bits per heavy atom. The second-order valence-corrected chi connectivity index (χ2v) is 7.36. The Bertz CT molecular complexity index is 520. The minimum atomic E-state index is 0.0762. The smallest absolute Gasteiger partial charge is 0.317 e. The van der Waals surface area contributed by atoms with E-state index in [2.05, 4.69) is 10.2 Å². The summed E-state index contributed by atoms with van der Waals surface area (Å²) in [5.41, 5.74) is 1.20. The SMILES string of the molecule is O=C(NCCc1ccc(Cl)cc1)N1CCN(C2CCCCC2)CC1. The number of halogens is 1. The lowest BCUT2D eigenvalue weighted by Crippen LogP contribution is -2.54. The summed E-state index contributed by atoms with van der Waals surface area (Å²) in [6.07, 6.45) is 7.66. The Hall–Kier alpha value is -1.26. The molecule has 0 unspecified atom stereocenters. The molecule has 0 atom stereocenters. The molecule has 1 saturated carbocycles. The van der Waals surface area contributed by atoms with Crippen molar-refractivity contribution >= 4 is 17.6 Å². The van der Waals surface area contributed by atoms with E-state index in [9.17, 15) is 4.79 Å². The van der Waals surface area contributed by atoms with Gasteiger partial charge in [0.1, 0.15) is 0 Å². The molecule has 3 rings (SSSR count). The third kappa shape index (κ3) is 4.87. The quantitative estimate of drug-likeness (QED) is 0.902. The van der Waals surface area contributed by atoms with E-state index in [-0.39, 0.29) is 6.03 Å². The highest BCUT2D eigenvalue weighted by molar-refractivity contribution is 6.30. The maximum absolute atomic E-state index is 12.3. The van der Waals surface area contributed by atoms with Crippen molar-refractivity contribution in [2.75, 3.05) is 32.7 Å². The molecule has 1 aliphatic heterocycles. The Labute approximate surface area is 150 Å². The Morgan fingerprint density at radius 3 is 2.38 bits per heavy atom. The molecule has 1 aromatic carbocycles. The molecule has 132 valence electrons. The molecule has 1 aromatic rings. The van der Waals surface area contributed by atoms with Gasteiger partial charge in [0.25, 0.3) is 0 Å². The lowest BCUT2D eigenvalue weighted by Gasteiger charge is -2.40. The zero-order chi connectivity index (χ0) is 16.8. The van der Waals surface area contributed by atoms with Crippen LogP contribution in [0.5, 0.6) is 0 Å². The van der Waals surface area contributed by atoms with Gasteiger partial charge in [0.15, 0.2) is 0 Å². The van der Waals surface area contributed by atoms with E-state index in [0.717, 1.165) is 43.7 Å². The van der Waals surface area contributed by atoms with Gasteiger partial charge < -0.3 is 10.2 Å². The van der Waals surface area contributed by atoms with Crippen LogP contribution in [-0.2, 0) is 6.42 Å². The van der Waals surface area contributed by atoms with Crippen molar-refractivity contribution in [3.05, 3.63) is 34.9 Å². The fraction of sp³-hybridized carbons (Fsp3) is 0.632. The number of carbonyl (C=O) groups is 1. The second kappa shape index (κ2) is 8.72. The van der Waals surface area contributed by atoms with Gasteiger partial charge in [0, 0.05) is 43.8 Å². The van der Waals surface area contributed by atoms with Crippen molar-refractivity contribution in [3.8, 4) is 0 Å². The highest BCUT2D eigenvalue weighted by atomic mass is 35.5. The molecule has 1 saturated heterocycles. The average Bonchev–Trinajstić information content (AvgIpc) is 2.64. The molecule has 2 amide bonds. The van der Waals surface area contributed by atoms with Crippen LogP contribution in [0.2, 0.25) is 5.02 Å². The van der Waals surface area contributed by atoms with Gasteiger partial charge in [0.2, 0.25) is 0 Å². The number of piperazine rings is 1. The molecule has 2 fully saturated rings. The van der Waals surface area contributed by atoms with Crippen molar-refractivity contribution in [1.29, 1.82) is 0 Å². The molecule has 0 aromatic heterocycles. The number of hydrogen-bond donors (Lipinski definition) is 1. The maximum Gasteiger partial charge on any atom is 0.317 e. The summed E-state index contributed by atoms with van der Waals surface area (Å²) in [4.78, 5) is 16.9. The first-order valence-electron chi connectivity index (χ1n) is 9.23. The summed E-state index contributed by atoms with van der Waals surface area (Å²) in [6, 6.07) is 8.64. The van der Waals surface area contributed by atoms with Crippen LogP contribution in [0.1, 0.15) is 37.7 Å². The molecule has 1 heterocycles. The van der Waals surface area contributed by atoms with Gasteiger partial charge in [-0.15, -0.1) is 0 Å². The highest BCUT2D eigenvalue weighted by Crippen LogP contribution is 2.23. The molecule has 5 heteroatoms. The summed E-state index contributed by atoms with van der Waals surface area (Å²) in [5, 5.41) is 3.79. The molecule has 0 radical (unpaired) electrons. The van der Waals surface area contributed by atoms with Crippen molar-refractivity contribution < 1.29 is 4.79 Å². The molecular formula is C19H28ClN3O. The normalized spacial score (nSPS) is 20.1. The van der Waals surface area contributed by atoms with Gasteiger partial charge in [-0.05, 0) is 37.0 Å². The largest absolute Gasteiger partial charge is 0.338 e. The standard InChI is InChI=1S/C19H28ClN3O/c20-17-8-6-16(7-9-17)10-11-21-19(24)23-14-12-22(13-15-23)18-4-2-1-3-5-18/h6-9,18H,1-5,10-15H2,(H,21,24). The van der Waals surface area contributed by atoms with Crippen molar-refractivity contribution in [3.63, 3.8) is 0 Å². The number of urea groups is 1. The van der Waals surface area contributed by atoms with Crippen molar-refractivity contribution in [2.45, 2.75) is 44.6 Å². The van der Waals surface area contributed by atoms with E-state index in [0.29, 0.717) is 6.54 Å². The van der Waals surface area contributed by atoms with E-state index in [4.69, 9.17) is 11.6 Å². The van der Waals surface area contributed by atoms with E-state index in [1.807, 2.05) is 29.2 Å². The number of carbonyl (C=O) groups excluding carboxylic acids is 1. The first-order valence-corrected chi connectivity index (χ1v) is 9.61. The average molecular weight is 350 g/mol. The molecule has 0 spiro atoms. The Kier molecular flexibility index (Phi) is 6.38. The lowest BCUT2D eigenvalue weighted by molar-refractivity contribution is 0.0907. The topological polar surface area (TPSA) is 35.6 Å².